The SMILES string of the molecule is CC1(C)Cc2cc(C(=O)[C@H]3C[C@H]3C(=O)O)ccc2NC1=O. The zero-order valence-electron chi connectivity index (χ0n) is 12.0. The predicted molar refractivity (Wildman–Crippen MR) is 76.1 cm³/mol. The summed E-state index contributed by atoms with van der Waals surface area (Å²) >= 11 is 0. The molecule has 2 atom stereocenters. The van der Waals surface area contributed by atoms with Crippen LogP contribution in [0.2, 0.25) is 0 Å². The van der Waals surface area contributed by atoms with Gasteiger partial charge in [0.1, 0.15) is 0 Å². The van der Waals surface area contributed by atoms with Crippen LogP contribution < -0.4 is 5.32 Å². The van der Waals surface area contributed by atoms with Crippen molar-refractivity contribution in [3.63, 3.8) is 0 Å². The summed E-state index contributed by atoms with van der Waals surface area (Å²) in [6.07, 6.45) is 0.996. The van der Waals surface area contributed by atoms with Crippen LogP contribution in [0.5, 0.6) is 0 Å². The molecule has 1 aromatic carbocycles. The molecule has 0 unspecified atom stereocenters. The third-order valence-corrected chi connectivity index (χ3v) is 4.33. The van der Waals surface area contributed by atoms with Crippen LogP contribution in [0, 0.1) is 17.3 Å². The minimum Gasteiger partial charge on any atom is -0.481 e. The van der Waals surface area contributed by atoms with Gasteiger partial charge in [0.2, 0.25) is 5.91 Å². The highest BCUT2D eigenvalue weighted by Crippen LogP contribution is 2.42. The van der Waals surface area contributed by atoms with Gasteiger partial charge in [-0.3, -0.25) is 14.4 Å². The van der Waals surface area contributed by atoms with E-state index in [2.05, 4.69) is 5.32 Å². The highest BCUT2D eigenvalue weighted by atomic mass is 16.4. The maximum atomic E-state index is 12.3. The number of anilines is 1. The van der Waals surface area contributed by atoms with Crippen LogP contribution in [-0.4, -0.2) is 22.8 Å². The molecule has 110 valence electrons. The van der Waals surface area contributed by atoms with Crippen LogP contribution in [-0.2, 0) is 16.0 Å². The lowest BCUT2D eigenvalue weighted by Gasteiger charge is -2.30. The van der Waals surface area contributed by atoms with Crippen LogP contribution in [0.15, 0.2) is 18.2 Å². The smallest absolute Gasteiger partial charge is 0.307 e. The number of ketones is 1. The molecule has 0 bridgehead atoms. The van der Waals surface area contributed by atoms with E-state index in [0.717, 1.165) is 11.3 Å². The number of carbonyl (C=O) groups is 3. The van der Waals surface area contributed by atoms with Crippen molar-refractivity contribution in [3.05, 3.63) is 29.3 Å². The number of hydrogen-bond donors (Lipinski definition) is 2. The first kappa shape index (κ1) is 13.8. The van der Waals surface area contributed by atoms with Crippen LogP contribution >= 0.6 is 0 Å². The molecule has 21 heavy (non-hydrogen) atoms. The van der Waals surface area contributed by atoms with E-state index in [1.54, 1.807) is 18.2 Å². The summed E-state index contributed by atoms with van der Waals surface area (Å²) < 4.78 is 0. The fourth-order valence-corrected chi connectivity index (χ4v) is 2.83. The molecule has 1 aliphatic heterocycles. The molecule has 0 aromatic heterocycles. The van der Waals surface area contributed by atoms with E-state index in [1.807, 2.05) is 13.8 Å². The van der Waals surface area contributed by atoms with Gasteiger partial charge in [-0.2, -0.15) is 0 Å². The first-order valence-corrected chi connectivity index (χ1v) is 7.01. The minimum absolute atomic E-state index is 0.0257. The van der Waals surface area contributed by atoms with Gasteiger partial charge in [0.15, 0.2) is 5.78 Å². The summed E-state index contributed by atoms with van der Waals surface area (Å²) in [4.78, 5) is 35.0. The second kappa shape index (κ2) is 4.41. The molecule has 0 saturated heterocycles. The summed E-state index contributed by atoms with van der Waals surface area (Å²) in [5.41, 5.74) is 1.70. The van der Waals surface area contributed by atoms with Crippen molar-refractivity contribution in [2.45, 2.75) is 26.7 Å². The Hall–Kier alpha value is -2.17. The maximum Gasteiger partial charge on any atom is 0.307 e. The minimum atomic E-state index is -0.903. The molecule has 0 spiro atoms. The number of hydrogen-bond acceptors (Lipinski definition) is 3. The van der Waals surface area contributed by atoms with Gasteiger partial charge in [0.05, 0.1) is 5.92 Å². The Bertz CT molecular complexity index is 662. The predicted octanol–water partition coefficient (Wildman–Crippen LogP) is 2.11. The zero-order chi connectivity index (χ0) is 15.4. The number of carboxylic acid groups (broad SMARTS) is 1. The van der Waals surface area contributed by atoms with E-state index < -0.39 is 23.2 Å². The van der Waals surface area contributed by atoms with Gasteiger partial charge in [-0.05, 0) is 36.6 Å². The van der Waals surface area contributed by atoms with Crippen LogP contribution in [0.4, 0.5) is 5.69 Å². The summed E-state index contributed by atoms with van der Waals surface area (Å²) in [6, 6.07) is 5.18. The fourth-order valence-electron chi connectivity index (χ4n) is 2.83. The second-order valence-corrected chi connectivity index (χ2v) is 6.54. The van der Waals surface area contributed by atoms with Crippen molar-refractivity contribution in [2.24, 2.45) is 17.3 Å². The van der Waals surface area contributed by atoms with Crippen LogP contribution in [0.25, 0.3) is 0 Å². The quantitative estimate of drug-likeness (QED) is 0.834. The number of carboxylic acids is 1. The van der Waals surface area contributed by atoms with Crippen molar-refractivity contribution in [3.8, 4) is 0 Å². The Morgan fingerprint density at radius 1 is 1.29 bits per heavy atom. The average Bonchev–Trinajstić information content (AvgIpc) is 3.18. The van der Waals surface area contributed by atoms with E-state index in [0.29, 0.717) is 18.4 Å². The van der Waals surface area contributed by atoms with Gasteiger partial charge >= 0.3 is 5.97 Å². The van der Waals surface area contributed by atoms with Gasteiger partial charge in [-0.15, -0.1) is 0 Å². The Morgan fingerprint density at radius 3 is 2.62 bits per heavy atom. The van der Waals surface area contributed by atoms with Crippen molar-refractivity contribution in [2.75, 3.05) is 5.32 Å². The number of benzene rings is 1. The molecule has 1 heterocycles. The van der Waals surface area contributed by atoms with E-state index in [4.69, 9.17) is 5.11 Å². The number of fused-ring (bicyclic) bond motifs is 1. The van der Waals surface area contributed by atoms with Crippen molar-refractivity contribution in [1.82, 2.24) is 0 Å². The molecule has 0 radical (unpaired) electrons. The Labute approximate surface area is 122 Å². The third kappa shape index (κ3) is 2.33. The summed E-state index contributed by atoms with van der Waals surface area (Å²) in [7, 11) is 0. The molecule has 5 nitrogen and oxygen atoms in total. The summed E-state index contributed by atoms with van der Waals surface area (Å²) in [5.74, 6) is -1.97. The van der Waals surface area contributed by atoms with Gasteiger partial charge in [-0.1, -0.05) is 13.8 Å². The maximum absolute atomic E-state index is 12.3. The molecule has 3 rings (SSSR count). The second-order valence-electron chi connectivity index (χ2n) is 6.54. The highest BCUT2D eigenvalue weighted by molar-refractivity contribution is 6.04. The summed E-state index contributed by atoms with van der Waals surface area (Å²) in [6.45, 7) is 3.72. The normalized spacial score (nSPS) is 25.7. The fraction of sp³-hybridized carbons (Fsp3) is 0.438. The highest BCUT2D eigenvalue weighted by Gasteiger charge is 2.48. The Morgan fingerprint density at radius 2 is 2.00 bits per heavy atom. The third-order valence-electron chi connectivity index (χ3n) is 4.33. The number of Topliss-reactive ketones (excluding diaryl/α,β-unsaturated/α-hetero) is 1. The van der Waals surface area contributed by atoms with Gasteiger partial charge in [-0.25, -0.2) is 0 Å². The molecule has 1 aliphatic carbocycles. The summed E-state index contributed by atoms with van der Waals surface area (Å²) in [5, 5.41) is 11.8. The van der Waals surface area contributed by atoms with E-state index >= 15 is 0 Å². The molecule has 1 saturated carbocycles. The molecule has 2 N–H and O–H groups in total. The number of rotatable bonds is 3. The molecule has 5 heteroatoms. The zero-order valence-corrected chi connectivity index (χ0v) is 12.0. The molecule has 1 amide bonds. The molecule has 1 fully saturated rings. The number of carbonyl (C=O) groups excluding carboxylic acids is 2. The molecule has 1 aromatic rings. The molecule has 2 aliphatic rings. The topological polar surface area (TPSA) is 83.5 Å². The average molecular weight is 287 g/mol. The lowest BCUT2D eigenvalue weighted by Crippen LogP contribution is -2.37. The Balaban J connectivity index is 1.86. The van der Waals surface area contributed by atoms with Crippen LogP contribution in [0.1, 0.15) is 36.2 Å². The molecular formula is C16H17NO4. The largest absolute Gasteiger partial charge is 0.481 e. The van der Waals surface area contributed by atoms with E-state index in [1.165, 1.54) is 0 Å². The number of aliphatic carboxylic acids is 1. The van der Waals surface area contributed by atoms with Crippen molar-refractivity contribution >= 4 is 23.3 Å². The van der Waals surface area contributed by atoms with Gasteiger partial charge in [0, 0.05) is 22.6 Å². The van der Waals surface area contributed by atoms with Crippen LogP contribution in [0.3, 0.4) is 0 Å². The first-order chi connectivity index (χ1) is 9.79. The van der Waals surface area contributed by atoms with E-state index in [-0.39, 0.29) is 11.7 Å². The first-order valence-electron chi connectivity index (χ1n) is 7.01. The van der Waals surface area contributed by atoms with Gasteiger partial charge in [0.25, 0.3) is 0 Å². The Kier molecular flexibility index (Phi) is 2.90. The van der Waals surface area contributed by atoms with Crippen molar-refractivity contribution < 1.29 is 19.5 Å². The number of amides is 1. The van der Waals surface area contributed by atoms with E-state index in [9.17, 15) is 14.4 Å². The van der Waals surface area contributed by atoms with Crippen molar-refractivity contribution in [1.29, 1.82) is 0 Å². The number of nitrogens with one attached hydrogen (secondary N) is 1. The standard InChI is InChI=1S/C16H17NO4/c1-16(2)7-9-5-8(3-4-12(9)17-15(16)21)13(18)10-6-11(10)14(19)20/h3-5,10-11H,6-7H2,1-2H3,(H,17,21)(H,19,20)/t10-,11+/m0/s1. The monoisotopic (exact) mass is 287 g/mol. The molecular weight excluding hydrogens is 270 g/mol. The lowest BCUT2D eigenvalue weighted by molar-refractivity contribution is -0.138. The lowest BCUT2D eigenvalue weighted by atomic mass is 9.80. The van der Waals surface area contributed by atoms with Gasteiger partial charge < -0.3 is 10.4 Å².